The molecular weight excluding hydrogens is 284 g/mol. The molecule has 0 bridgehead atoms. The monoisotopic (exact) mass is 306 g/mol. The minimum atomic E-state index is -0.230. The smallest absolute Gasteiger partial charge is 0.239 e. The lowest BCUT2D eigenvalue weighted by atomic mass is 10.2. The molecule has 0 aliphatic rings. The SMILES string of the molecule is C=CCN(CC(=O)NCc1ccc(OC)c(OC)c1)C(C)=O. The molecule has 1 aromatic carbocycles. The third-order valence-corrected chi connectivity index (χ3v) is 3.07. The van der Waals surface area contributed by atoms with E-state index in [9.17, 15) is 9.59 Å². The Kier molecular flexibility index (Phi) is 6.95. The lowest BCUT2D eigenvalue weighted by molar-refractivity contribution is -0.133. The van der Waals surface area contributed by atoms with Gasteiger partial charge in [0.05, 0.1) is 20.8 Å². The minimum absolute atomic E-state index is 0.00857. The average molecular weight is 306 g/mol. The predicted octanol–water partition coefficient (Wildman–Crippen LogP) is 1.35. The fourth-order valence-corrected chi connectivity index (χ4v) is 1.88. The van der Waals surface area contributed by atoms with E-state index in [1.54, 1.807) is 32.4 Å². The van der Waals surface area contributed by atoms with Crippen LogP contribution in [0.4, 0.5) is 0 Å². The van der Waals surface area contributed by atoms with E-state index in [2.05, 4.69) is 11.9 Å². The standard InChI is InChI=1S/C16H22N2O4/c1-5-8-18(12(2)19)11-16(20)17-10-13-6-7-14(21-3)15(9-13)22-4/h5-7,9H,1,8,10-11H2,2-4H3,(H,17,20). The molecule has 2 amide bonds. The van der Waals surface area contributed by atoms with Crippen molar-refractivity contribution in [1.29, 1.82) is 0 Å². The molecule has 0 aromatic heterocycles. The van der Waals surface area contributed by atoms with Crippen LogP contribution in [-0.2, 0) is 16.1 Å². The van der Waals surface area contributed by atoms with Crippen LogP contribution in [-0.4, -0.2) is 44.0 Å². The summed E-state index contributed by atoms with van der Waals surface area (Å²) in [7, 11) is 3.12. The number of rotatable bonds is 8. The molecule has 0 unspecified atom stereocenters. The molecule has 6 nitrogen and oxygen atoms in total. The highest BCUT2D eigenvalue weighted by Crippen LogP contribution is 2.27. The van der Waals surface area contributed by atoms with E-state index in [4.69, 9.17) is 9.47 Å². The number of benzene rings is 1. The Bertz CT molecular complexity index is 543. The van der Waals surface area contributed by atoms with Crippen molar-refractivity contribution in [2.24, 2.45) is 0 Å². The van der Waals surface area contributed by atoms with Crippen LogP contribution in [0.5, 0.6) is 11.5 Å². The molecule has 0 aliphatic heterocycles. The lowest BCUT2D eigenvalue weighted by Gasteiger charge is -2.18. The number of nitrogens with zero attached hydrogens (tertiary/aromatic N) is 1. The Morgan fingerprint density at radius 3 is 2.50 bits per heavy atom. The zero-order valence-corrected chi connectivity index (χ0v) is 13.2. The van der Waals surface area contributed by atoms with Crippen molar-refractivity contribution in [3.05, 3.63) is 36.4 Å². The molecule has 6 heteroatoms. The van der Waals surface area contributed by atoms with Crippen molar-refractivity contribution in [3.63, 3.8) is 0 Å². The Balaban J connectivity index is 2.60. The van der Waals surface area contributed by atoms with E-state index >= 15 is 0 Å². The second kappa shape index (κ2) is 8.71. The molecule has 0 saturated heterocycles. The van der Waals surface area contributed by atoms with Crippen molar-refractivity contribution >= 4 is 11.8 Å². The van der Waals surface area contributed by atoms with Gasteiger partial charge in [0.1, 0.15) is 0 Å². The predicted molar refractivity (Wildman–Crippen MR) is 83.8 cm³/mol. The zero-order valence-electron chi connectivity index (χ0n) is 13.2. The van der Waals surface area contributed by atoms with Crippen LogP contribution in [0, 0.1) is 0 Å². The fourth-order valence-electron chi connectivity index (χ4n) is 1.88. The molecule has 120 valence electrons. The van der Waals surface area contributed by atoms with E-state index in [1.807, 2.05) is 6.07 Å². The van der Waals surface area contributed by atoms with Gasteiger partial charge in [0, 0.05) is 20.0 Å². The van der Waals surface area contributed by atoms with Crippen molar-refractivity contribution in [3.8, 4) is 11.5 Å². The Labute approximate surface area is 130 Å². The average Bonchev–Trinajstić information content (AvgIpc) is 2.52. The first kappa shape index (κ1) is 17.6. The van der Waals surface area contributed by atoms with Crippen LogP contribution < -0.4 is 14.8 Å². The first-order chi connectivity index (χ1) is 10.5. The van der Waals surface area contributed by atoms with E-state index in [1.165, 1.54) is 11.8 Å². The summed E-state index contributed by atoms with van der Waals surface area (Å²) in [5.41, 5.74) is 0.879. The van der Waals surface area contributed by atoms with E-state index in [0.29, 0.717) is 24.6 Å². The van der Waals surface area contributed by atoms with Gasteiger partial charge in [-0.05, 0) is 17.7 Å². The number of hydrogen-bond acceptors (Lipinski definition) is 4. The highest BCUT2D eigenvalue weighted by Gasteiger charge is 2.12. The molecule has 0 saturated carbocycles. The number of carbonyl (C=O) groups is 2. The van der Waals surface area contributed by atoms with Gasteiger partial charge in [0.15, 0.2) is 11.5 Å². The van der Waals surface area contributed by atoms with Gasteiger partial charge >= 0.3 is 0 Å². The number of nitrogens with one attached hydrogen (secondary N) is 1. The van der Waals surface area contributed by atoms with E-state index in [-0.39, 0.29) is 18.4 Å². The molecule has 1 rings (SSSR count). The molecule has 0 heterocycles. The summed E-state index contributed by atoms with van der Waals surface area (Å²) in [6.07, 6.45) is 1.59. The van der Waals surface area contributed by atoms with Crippen molar-refractivity contribution in [2.75, 3.05) is 27.3 Å². The molecule has 22 heavy (non-hydrogen) atoms. The quantitative estimate of drug-likeness (QED) is 0.736. The minimum Gasteiger partial charge on any atom is -0.493 e. The Hall–Kier alpha value is -2.50. The molecule has 0 radical (unpaired) electrons. The summed E-state index contributed by atoms with van der Waals surface area (Å²) in [6, 6.07) is 5.42. The maximum atomic E-state index is 11.9. The fraction of sp³-hybridized carbons (Fsp3) is 0.375. The summed E-state index contributed by atoms with van der Waals surface area (Å²) in [5, 5.41) is 2.77. The van der Waals surface area contributed by atoms with Gasteiger partial charge in [-0.3, -0.25) is 9.59 Å². The second-order valence-electron chi connectivity index (χ2n) is 4.65. The third-order valence-electron chi connectivity index (χ3n) is 3.07. The molecular formula is C16H22N2O4. The molecule has 0 spiro atoms. The van der Waals surface area contributed by atoms with Gasteiger partial charge in [-0.15, -0.1) is 6.58 Å². The van der Waals surface area contributed by atoms with Gasteiger partial charge in [-0.25, -0.2) is 0 Å². The number of ether oxygens (including phenoxy) is 2. The summed E-state index contributed by atoms with van der Waals surface area (Å²) < 4.78 is 10.4. The second-order valence-corrected chi connectivity index (χ2v) is 4.65. The van der Waals surface area contributed by atoms with Crippen LogP contribution in [0.15, 0.2) is 30.9 Å². The van der Waals surface area contributed by atoms with Crippen LogP contribution in [0.25, 0.3) is 0 Å². The Morgan fingerprint density at radius 1 is 1.27 bits per heavy atom. The first-order valence-electron chi connectivity index (χ1n) is 6.85. The topological polar surface area (TPSA) is 67.9 Å². The maximum Gasteiger partial charge on any atom is 0.239 e. The largest absolute Gasteiger partial charge is 0.493 e. The van der Waals surface area contributed by atoms with Crippen molar-refractivity contribution in [1.82, 2.24) is 10.2 Å². The molecule has 1 aromatic rings. The van der Waals surface area contributed by atoms with Gasteiger partial charge in [0.2, 0.25) is 11.8 Å². The van der Waals surface area contributed by atoms with E-state index in [0.717, 1.165) is 5.56 Å². The molecule has 1 N–H and O–H groups in total. The van der Waals surface area contributed by atoms with Crippen molar-refractivity contribution < 1.29 is 19.1 Å². The highest BCUT2D eigenvalue weighted by atomic mass is 16.5. The van der Waals surface area contributed by atoms with Gasteiger partial charge < -0.3 is 19.7 Å². The van der Waals surface area contributed by atoms with Crippen LogP contribution in [0.1, 0.15) is 12.5 Å². The summed E-state index contributed by atoms with van der Waals surface area (Å²) in [5.74, 6) is 0.839. The summed E-state index contributed by atoms with van der Waals surface area (Å²) in [6.45, 7) is 5.69. The molecule has 0 fully saturated rings. The maximum absolute atomic E-state index is 11.9. The normalized spacial score (nSPS) is 9.77. The number of carbonyl (C=O) groups excluding carboxylic acids is 2. The van der Waals surface area contributed by atoms with Crippen molar-refractivity contribution in [2.45, 2.75) is 13.5 Å². The molecule has 0 atom stereocenters. The lowest BCUT2D eigenvalue weighted by Crippen LogP contribution is -2.39. The number of methoxy groups -OCH3 is 2. The van der Waals surface area contributed by atoms with Gasteiger partial charge in [0.25, 0.3) is 0 Å². The third kappa shape index (κ3) is 5.12. The Morgan fingerprint density at radius 2 is 1.95 bits per heavy atom. The van der Waals surface area contributed by atoms with Crippen LogP contribution in [0.2, 0.25) is 0 Å². The molecule has 0 aliphatic carbocycles. The van der Waals surface area contributed by atoms with Crippen LogP contribution in [0.3, 0.4) is 0 Å². The highest BCUT2D eigenvalue weighted by molar-refractivity contribution is 5.83. The van der Waals surface area contributed by atoms with Gasteiger partial charge in [-0.1, -0.05) is 12.1 Å². The number of amides is 2. The van der Waals surface area contributed by atoms with Gasteiger partial charge in [-0.2, -0.15) is 0 Å². The first-order valence-corrected chi connectivity index (χ1v) is 6.85. The zero-order chi connectivity index (χ0) is 16.5. The van der Waals surface area contributed by atoms with E-state index < -0.39 is 0 Å². The summed E-state index contributed by atoms with van der Waals surface area (Å²) >= 11 is 0. The summed E-state index contributed by atoms with van der Waals surface area (Å²) in [4.78, 5) is 24.7. The number of hydrogen-bond donors (Lipinski definition) is 1. The van der Waals surface area contributed by atoms with Crippen LogP contribution >= 0.6 is 0 Å².